The number of ether oxygens (including phenoxy) is 1. The van der Waals surface area contributed by atoms with Crippen molar-refractivity contribution in [3.05, 3.63) is 71.8 Å². The van der Waals surface area contributed by atoms with Gasteiger partial charge in [-0.1, -0.05) is 114 Å². The zero-order valence-corrected chi connectivity index (χ0v) is 20.1. The monoisotopic (exact) mass is 420 g/mol. The standard InChI is InChI=1S/C30H44O/c1-4-25(15-9-6-10-16-26(5-2)28-19-13-8-14-20-28)23-30-29(31-30)22-21-24(3)27-17-11-7-12-18-27/h7-8,11-14,17-20,24-26,29-30H,4-6,9-10,15-16,21-23H2,1-3H3. The Balaban J connectivity index is 1.27. The first-order chi connectivity index (χ1) is 15.2. The van der Waals surface area contributed by atoms with E-state index < -0.39 is 0 Å². The summed E-state index contributed by atoms with van der Waals surface area (Å²) in [4.78, 5) is 0. The Hall–Kier alpha value is -1.60. The van der Waals surface area contributed by atoms with Crippen LogP contribution in [-0.2, 0) is 4.74 Å². The lowest BCUT2D eigenvalue weighted by Crippen LogP contribution is -2.06. The SMILES string of the molecule is CCC(CCCCCC(CC)c1ccccc1)CC1OC1CCC(C)c1ccccc1. The van der Waals surface area contributed by atoms with Gasteiger partial charge < -0.3 is 4.74 Å². The lowest BCUT2D eigenvalue weighted by Gasteiger charge is -2.16. The maximum Gasteiger partial charge on any atom is 0.0844 e. The molecule has 2 aromatic carbocycles. The third kappa shape index (κ3) is 8.11. The Morgan fingerprint density at radius 2 is 1.35 bits per heavy atom. The van der Waals surface area contributed by atoms with Crippen LogP contribution < -0.4 is 0 Å². The summed E-state index contributed by atoms with van der Waals surface area (Å²) in [6, 6.07) is 22.0. The Bertz CT molecular complexity index is 710. The van der Waals surface area contributed by atoms with E-state index >= 15 is 0 Å². The summed E-state index contributed by atoms with van der Waals surface area (Å²) in [6.07, 6.45) is 14.2. The second-order valence-electron chi connectivity index (χ2n) is 9.77. The molecule has 1 heterocycles. The van der Waals surface area contributed by atoms with Gasteiger partial charge in [0.2, 0.25) is 0 Å². The molecular formula is C30H44O. The van der Waals surface area contributed by atoms with E-state index in [1.54, 1.807) is 0 Å². The molecule has 0 aliphatic carbocycles. The molecule has 0 spiro atoms. The van der Waals surface area contributed by atoms with E-state index in [-0.39, 0.29) is 0 Å². The molecule has 170 valence electrons. The Morgan fingerprint density at radius 1 is 0.710 bits per heavy atom. The summed E-state index contributed by atoms with van der Waals surface area (Å²) >= 11 is 0. The first-order valence-electron chi connectivity index (χ1n) is 13.0. The fourth-order valence-corrected chi connectivity index (χ4v) is 5.15. The smallest absolute Gasteiger partial charge is 0.0844 e. The molecule has 1 heteroatoms. The van der Waals surface area contributed by atoms with Crippen molar-refractivity contribution in [3.8, 4) is 0 Å². The molecule has 5 unspecified atom stereocenters. The lowest BCUT2D eigenvalue weighted by molar-refractivity contribution is 0.314. The van der Waals surface area contributed by atoms with Crippen molar-refractivity contribution in [1.29, 1.82) is 0 Å². The number of epoxide rings is 1. The highest BCUT2D eigenvalue weighted by molar-refractivity contribution is 5.19. The van der Waals surface area contributed by atoms with Gasteiger partial charge in [-0.15, -0.1) is 0 Å². The van der Waals surface area contributed by atoms with Gasteiger partial charge in [0, 0.05) is 0 Å². The molecule has 1 nitrogen and oxygen atoms in total. The minimum absolute atomic E-state index is 0.524. The van der Waals surface area contributed by atoms with Crippen LogP contribution in [0, 0.1) is 5.92 Å². The molecule has 2 aromatic rings. The molecule has 0 aromatic heterocycles. The van der Waals surface area contributed by atoms with Crippen LogP contribution in [0.15, 0.2) is 60.7 Å². The van der Waals surface area contributed by atoms with Crippen molar-refractivity contribution in [3.63, 3.8) is 0 Å². The van der Waals surface area contributed by atoms with Gasteiger partial charge in [0.25, 0.3) is 0 Å². The van der Waals surface area contributed by atoms with Crippen LogP contribution in [-0.4, -0.2) is 12.2 Å². The average molecular weight is 421 g/mol. The van der Waals surface area contributed by atoms with Gasteiger partial charge in [-0.25, -0.2) is 0 Å². The van der Waals surface area contributed by atoms with Crippen molar-refractivity contribution in [2.75, 3.05) is 0 Å². The average Bonchev–Trinajstić information content (AvgIpc) is 3.57. The van der Waals surface area contributed by atoms with E-state index in [2.05, 4.69) is 81.4 Å². The van der Waals surface area contributed by atoms with Crippen LogP contribution in [0.1, 0.15) is 108 Å². The van der Waals surface area contributed by atoms with E-state index in [9.17, 15) is 0 Å². The molecule has 0 N–H and O–H groups in total. The van der Waals surface area contributed by atoms with E-state index in [1.807, 2.05) is 0 Å². The van der Waals surface area contributed by atoms with Gasteiger partial charge in [0.05, 0.1) is 12.2 Å². The van der Waals surface area contributed by atoms with Crippen molar-refractivity contribution >= 4 is 0 Å². The first kappa shape index (κ1) is 24.1. The van der Waals surface area contributed by atoms with Crippen LogP contribution in [0.2, 0.25) is 0 Å². The Labute approximate surface area is 191 Å². The largest absolute Gasteiger partial charge is 0.370 e. The van der Waals surface area contributed by atoms with Gasteiger partial charge in [0.15, 0.2) is 0 Å². The third-order valence-corrected chi connectivity index (χ3v) is 7.51. The molecule has 31 heavy (non-hydrogen) atoms. The highest BCUT2D eigenvalue weighted by atomic mass is 16.6. The van der Waals surface area contributed by atoms with Crippen molar-refractivity contribution < 1.29 is 4.74 Å². The molecule has 5 atom stereocenters. The number of rotatable bonds is 15. The third-order valence-electron chi connectivity index (χ3n) is 7.51. The second-order valence-corrected chi connectivity index (χ2v) is 9.77. The summed E-state index contributed by atoms with van der Waals surface area (Å²) in [5, 5.41) is 0. The zero-order valence-electron chi connectivity index (χ0n) is 20.1. The minimum atomic E-state index is 0.524. The van der Waals surface area contributed by atoms with E-state index in [0.717, 1.165) is 11.8 Å². The van der Waals surface area contributed by atoms with Crippen LogP contribution in [0.25, 0.3) is 0 Å². The van der Waals surface area contributed by atoms with E-state index in [4.69, 9.17) is 4.74 Å². The van der Waals surface area contributed by atoms with Gasteiger partial charge >= 0.3 is 0 Å². The summed E-state index contributed by atoms with van der Waals surface area (Å²) in [6.45, 7) is 7.04. The topological polar surface area (TPSA) is 12.5 Å². The van der Waals surface area contributed by atoms with Gasteiger partial charge in [-0.05, 0) is 61.0 Å². The summed E-state index contributed by atoms with van der Waals surface area (Å²) in [5.74, 6) is 2.22. The maximum atomic E-state index is 6.06. The summed E-state index contributed by atoms with van der Waals surface area (Å²) in [5.41, 5.74) is 2.98. The lowest BCUT2D eigenvalue weighted by atomic mass is 9.89. The van der Waals surface area contributed by atoms with Crippen molar-refractivity contribution in [1.82, 2.24) is 0 Å². The number of hydrogen-bond acceptors (Lipinski definition) is 1. The predicted octanol–water partition coefficient (Wildman–Crippen LogP) is 8.90. The molecule has 1 saturated heterocycles. The molecule has 0 saturated carbocycles. The number of hydrogen-bond donors (Lipinski definition) is 0. The van der Waals surface area contributed by atoms with Crippen molar-refractivity contribution in [2.24, 2.45) is 5.92 Å². The zero-order chi connectivity index (χ0) is 21.9. The van der Waals surface area contributed by atoms with Crippen molar-refractivity contribution in [2.45, 2.75) is 109 Å². The first-order valence-corrected chi connectivity index (χ1v) is 13.0. The number of benzene rings is 2. The van der Waals surface area contributed by atoms with E-state index in [0.29, 0.717) is 18.1 Å². The Kier molecular flexibility index (Phi) is 10.1. The maximum absolute atomic E-state index is 6.06. The highest BCUT2D eigenvalue weighted by Crippen LogP contribution is 2.36. The summed E-state index contributed by atoms with van der Waals surface area (Å²) in [7, 11) is 0. The molecule has 1 aliphatic heterocycles. The van der Waals surface area contributed by atoms with Gasteiger partial charge in [0.1, 0.15) is 0 Å². The van der Waals surface area contributed by atoms with Crippen LogP contribution in [0.3, 0.4) is 0 Å². The van der Waals surface area contributed by atoms with Crippen LogP contribution in [0.5, 0.6) is 0 Å². The molecule has 1 fully saturated rings. The highest BCUT2D eigenvalue weighted by Gasteiger charge is 2.39. The summed E-state index contributed by atoms with van der Waals surface area (Å²) < 4.78 is 6.06. The molecule has 0 bridgehead atoms. The predicted molar refractivity (Wildman–Crippen MR) is 134 cm³/mol. The molecule has 1 aliphatic rings. The fraction of sp³-hybridized carbons (Fsp3) is 0.600. The Morgan fingerprint density at radius 3 is 2.00 bits per heavy atom. The molecule has 0 amide bonds. The van der Waals surface area contributed by atoms with Crippen LogP contribution in [0.4, 0.5) is 0 Å². The quantitative estimate of drug-likeness (QED) is 0.207. The molecular weight excluding hydrogens is 376 g/mol. The van der Waals surface area contributed by atoms with Gasteiger partial charge in [-0.2, -0.15) is 0 Å². The van der Waals surface area contributed by atoms with Gasteiger partial charge in [-0.3, -0.25) is 0 Å². The molecule has 0 radical (unpaired) electrons. The minimum Gasteiger partial charge on any atom is -0.370 e. The second kappa shape index (κ2) is 13.1. The number of unbranched alkanes of at least 4 members (excludes halogenated alkanes) is 2. The molecule has 3 rings (SSSR count). The fourth-order valence-electron chi connectivity index (χ4n) is 5.15. The normalized spacial score (nSPS) is 20.9. The van der Waals surface area contributed by atoms with Crippen LogP contribution >= 0.6 is 0 Å². The van der Waals surface area contributed by atoms with E-state index in [1.165, 1.54) is 75.3 Å².